The van der Waals surface area contributed by atoms with Gasteiger partial charge in [-0.3, -0.25) is 9.59 Å². The third-order valence-corrected chi connectivity index (χ3v) is 7.61. The summed E-state index contributed by atoms with van der Waals surface area (Å²) in [6, 6.07) is 7.84. The number of hydrogen-bond donors (Lipinski definition) is 1. The van der Waals surface area contributed by atoms with Crippen LogP contribution in [0.3, 0.4) is 0 Å². The Morgan fingerprint density at radius 2 is 1.96 bits per heavy atom. The summed E-state index contributed by atoms with van der Waals surface area (Å²) in [5.41, 5.74) is -0.407. The molecule has 0 spiro atoms. The lowest BCUT2D eigenvalue weighted by molar-refractivity contribution is -0.131. The summed E-state index contributed by atoms with van der Waals surface area (Å²) in [6.07, 6.45) is 1.93. The zero-order valence-electron chi connectivity index (χ0n) is 13.6. The number of carbonyl (C=O) groups excluding carboxylic acids is 2. The van der Waals surface area contributed by atoms with Crippen LogP contribution in [0.2, 0.25) is 0 Å². The predicted molar refractivity (Wildman–Crippen MR) is 91.4 cm³/mol. The molecular formula is C18H20N2O2S. The minimum Gasteiger partial charge on any atom is -0.301 e. The molecule has 2 aromatic rings. The van der Waals surface area contributed by atoms with Crippen LogP contribution in [0.15, 0.2) is 24.3 Å². The van der Waals surface area contributed by atoms with E-state index in [1.165, 1.54) is 11.3 Å². The quantitative estimate of drug-likeness (QED) is 0.906. The van der Waals surface area contributed by atoms with Crippen molar-refractivity contribution in [1.82, 2.24) is 4.98 Å². The molecule has 0 saturated heterocycles. The number of nitrogens with one attached hydrogen (secondary N) is 1. The first-order valence-corrected chi connectivity index (χ1v) is 8.82. The maximum Gasteiger partial charge on any atom is 0.233 e. The number of ketones is 1. The molecule has 2 fully saturated rings. The highest BCUT2D eigenvalue weighted by atomic mass is 32.1. The van der Waals surface area contributed by atoms with Crippen LogP contribution in [0.4, 0.5) is 5.13 Å². The van der Waals surface area contributed by atoms with Crippen LogP contribution in [0.5, 0.6) is 0 Å². The summed E-state index contributed by atoms with van der Waals surface area (Å²) in [5, 5.41) is 3.62. The van der Waals surface area contributed by atoms with Crippen LogP contribution in [0, 0.1) is 16.2 Å². The Morgan fingerprint density at radius 3 is 2.57 bits per heavy atom. The van der Waals surface area contributed by atoms with Crippen LogP contribution < -0.4 is 5.32 Å². The second kappa shape index (κ2) is 4.41. The molecule has 120 valence electrons. The Morgan fingerprint density at radius 1 is 1.22 bits per heavy atom. The van der Waals surface area contributed by atoms with Gasteiger partial charge in [0.15, 0.2) is 5.13 Å². The summed E-state index contributed by atoms with van der Waals surface area (Å²) >= 11 is 1.48. The van der Waals surface area contributed by atoms with Gasteiger partial charge in [0.05, 0.1) is 15.6 Å². The van der Waals surface area contributed by atoms with E-state index in [-0.39, 0.29) is 22.5 Å². The fraction of sp³-hybridized carbons (Fsp3) is 0.500. The summed E-state index contributed by atoms with van der Waals surface area (Å²) in [5.74, 6) is 0.185. The van der Waals surface area contributed by atoms with Crippen molar-refractivity contribution in [2.45, 2.75) is 40.0 Å². The lowest BCUT2D eigenvalue weighted by Crippen LogP contribution is -2.43. The molecule has 0 unspecified atom stereocenters. The zero-order chi connectivity index (χ0) is 16.5. The molecular weight excluding hydrogens is 308 g/mol. The van der Waals surface area contributed by atoms with E-state index in [0.717, 1.165) is 23.1 Å². The van der Waals surface area contributed by atoms with Gasteiger partial charge in [-0.2, -0.15) is 0 Å². The van der Waals surface area contributed by atoms with Crippen LogP contribution >= 0.6 is 11.3 Å². The zero-order valence-corrected chi connectivity index (χ0v) is 14.4. The predicted octanol–water partition coefficient (Wildman–Crippen LogP) is 4.02. The normalized spacial score (nSPS) is 31.7. The van der Waals surface area contributed by atoms with Crippen molar-refractivity contribution in [2.24, 2.45) is 16.2 Å². The van der Waals surface area contributed by atoms with Crippen LogP contribution in [0.1, 0.15) is 40.0 Å². The number of amides is 1. The standard InChI is InChI=1S/C18H20N2O2S/c1-16(2)17(3)8-9-18(16,10-13(17)21)14(22)20-15-19-11-6-4-5-7-12(11)23-15/h4-7H,8-10H2,1-3H3,(H,19,20,22)/t17-,18-/m1/s1. The van der Waals surface area contributed by atoms with Gasteiger partial charge in [0.2, 0.25) is 5.91 Å². The topological polar surface area (TPSA) is 59.1 Å². The van der Waals surface area contributed by atoms with Gasteiger partial charge in [-0.15, -0.1) is 0 Å². The molecule has 2 atom stereocenters. The van der Waals surface area contributed by atoms with E-state index in [0.29, 0.717) is 11.6 Å². The SMILES string of the molecule is CC1(C)[C@]2(C(=O)Nc3nc4ccccc4s3)CC[C@]1(C)C(=O)C2. The number of Topliss-reactive ketones (excluding diaryl/α,β-unsaturated/α-hetero) is 1. The molecule has 5 heteroatoms. The monoisotopic (exact) mass is 328 g/mol. The molecule has 0 radical (unpaired) electrons. The largest absolute Gasteiger partial charge is 0.301 e. The average Bonchev–Trinajstić information content (AvgIpc) is 3.04. The van der Waals surface area contributed by atoms with Gasteiger partial charge in [-0.25, -0.2) is 4.98 Å². The molecule has 1 aromatic carbocycles. The lowest BCUT2D eigenvalue weighted by Gasteiger charge is -2.38. The Hall–Kier alpha value is -1.75. The van der Waals surface area contributed by atoms with Gasteiger partial charge >= 0.3 is 0 Å². The summed E-state index contributed by atoms with van der Waals surface area (Å²) in [4.78, 5) is 30.0. The van der Waals surface area contributed by atoms with Crippen molar-refractivity contribution in [2.75, 3.05) is 5.32 Å². The molecule has 2 saturated carbocycles. The van der Waals surface area contributed by atoms with Gasteiger partial charge in [-0.05, 0) is 30.4 Å². The van der Waals surface area contributed by atoms with Crippen molar-refractivity contribution in [3.8, 4) is 0 Å². The number of carbonyl (C=O) groups is 2. The maximum absolute atomic E-state index is 13.1. The number of anilines is 1. The number of thiazole rings is 1. The highest BCUT2D eigenvalue weighted by molar-refractivity contribution is 7.22. The molecule has 1 heterocycles. The number of benzene rings is 1. The van der Waals surface area contributed by atoms with Gasteiger partial charge in [0.1, 0.15) is 5.78 Å². The average molecular weight is 328 g/mol. The number of aromatic nitrogens is 1. The number of rotatable bonds is 2. The summed E-state index contributed by atoms with van der Waals surface area (Å²) in [6.45, 7) is 6.17. The van der Waals surface area contributed by atoms with E-state index in [1.54, 1.807) is 0 Å². The van der Waals surface area contributed by atoms with Crippen LogP contribution in [-0.2, 0) is 9.59 Å². The smallest absolute Gasteiger partial charge is 0.233 e. The van der Waals surface area contributed by atoms with Crippen LogP contribution in [-0.4, -0.2) is 16.7 Å². The molecule has 2 aliphatic rings. The minimum atomic E-state index is -0.601. The van der Waals surface area contributed by atoms with Crippen molar-refractivity contribution >= 4 is 38.4 Å². The molecule has 4 nitrogen and oxygen atoms in total. The van der Waals surface area contributed by atoms with E-state index in [1.807, 2.05) is 31.2 Å². The number of para-hydroxylation sites is 1. The second-order valence-electron chi connectivity index (χ2n) is 7.58. The Kier molecular flexibility index (Phi) is 2.84. The summed E-state index contributed by atoms with van der Waals surface area (Å²) in [7, 11) is 0. The third-order valence-electron chi connectivity index (χ3n) is 6.65. The fourth-order valence-corrected chi connectivity index (χ4v) is 5.36. The first-order chi connectivity index (χ1) is 10.8. The van der Waals surface area contributed by atoms with Crippen molar-refractivity contribution in [3.63, 3.8) is 0 Å². The van der Waals surface area contributed by atoms with Gasteiger partial charge in [-0.1, -0.05) is 44.2 Å². The first-order valence-electron chi connectivity index (χ1n) is 8.01. The number of hydrogen-bond acceptors (Lipinski definition) is 4. The van der Waals surface area contributed by atoms with Crippen LogP contribution in [0.25, 0.3) is 10.2 Å². The van der Waals surface area contributed by atoms with Gasteiger partial charge in [0, 0.05) is 11.8 Å². The van der Waals surface area contributed by atoms with Crippen molar-refractivity contribution in [3.05, 3.63) is 24.3 Å². The van der Waals surface area contributed by atoms with E-state index in [4.69, 9.17) is 0 Å². The Bertz CT molecular complexity index is 807. The molecule has 4 rings (SSSR count). The first kappa shape index (κ1) is 14.8. The van der Waals surface area contributed by atoms with Crippen molar-refractivity contribution in [1.29, 1.82) is 0 Å². The molecule has 0 aliphatic heterocycles. The molecule has 1 aromatic heterocycles. The second-order valence-corrected chi connectivity index (χ2v) is 8.61. The van der Waals surface area contributed by atoms with E-state index in [9.17, 15) is 9.59 Å². The van der Waals surface area contributed by atoms with Crippen molar-refractivity contribution < 1.29 is 9.59 Å². The van der Waals surface area contributed by atoms with Gasteiger partial charge in [0.25, 0.3) is 0 Å². The molecule has 1 N–H and O–H groups in total. The fourth-order valence-electron chi connectivity index (χ4n) is 4.50. The van der Waals surface area contributed by atoms with Gasteiger partial charge < -0.3 is 5.32 Å². The highest BCUT2D eigenvalue weighted by Crippen LogP contribution is 2.70. The maximum atomic E-state index is 13.1. The Balaban J connectivity index is 1.68. The van der Waals surface area contributed by atoms with E-state index in [2.05, 4.69) is 24.1 Å². The Labute approximate surface area is 139 Å². The summed E-state index contributed by atoms with van der Waals surface area (Å²) < 4.78 is 1.05. The molecule has 1 amide bonds. The molecule has 2 bridgehead atoms. The number of fused-ring (bicyclic) bond motifs is 3. The van der Waals surface area contributed by atoms with E-state index < -0.39 is 5.41 Å². The van der Waals surface area contributed by atoms with E-state index >= 15 is 0 Å². The third kappa shape index (κ3) is 1.69. The molecule has 23 heavy (non-hydrogen) atoms. The minimum absolute atomic E-state index is 0.0452. The number of nitrogens with zero attached hydrogens (tertiary/aromatic N) is 1. The molecule has 2 aliphatic carbocycles. The lowest BCUT2D eigenvalue weighted by atomic mass is 9.64. The highest BCUT2D eigenvalue weighted by Gasteiger charge is 2.72.